The number of nitrogens with one attached hydrogen (secondary N) is 1. The maximum atomic E-state index is 12.4. The fourth-order valence-corrected chi connectivity index (χ4v) is 3.43. The lowest BCUT2D eigenvalue weighted by Crippen LogP contribution is -2.53. The van der Waals surface area contributed by atoms with Crippen molar-refractivity contribution in [3.8, 4) is 0 Å². The zero-order chi connectivity index (χ0) is 14.8. The number of carbonyl (C=O) groups excluding carboxylic acids is 1. The molecule has 1 aromatic carbocycles. The van der Waals surface area contributed by atoms with E-state index in [-0.39, 0.29) is 12.5 Å². The Morgan fingerprint density at radius 2 is 2.25 bits per heavy atom. The van der Waals surface area contributed by atoms with E-state index in [0.717, 1.165) is 25.7 Å². The normalized spacial score (nSPS) is 26.3. The van der Waals surface area contributed by atoms with Crippen LogP contribution >= 0.6 is 23.2 Å². The minimum atomic E-state index is -0.530. The van der Waals surface area contributed by atoms with E-state index in [1.165, 1.54) is 0 Å². The lowest BCUT2D eigenvalue weighted by Gasteiger charge is -2.39. The van der Waals surface area contributed by atoms with Gasteiger partial charge in [-0.05, 0) is 37.0 Å². The molecule has 1 aliphatic rings. The first-order valence-corrected chi connectivity index (χ1v) is 7.60. The summed E-state index contributed by atoms with van der Waals surface area (Å²) in [7, 11) is 0. The van der Waals surface area contributed by atoms with Gasteiger partial charge in [0.2, 0.25) is 0 Å². The molecule has 1 aromatic rings. The van der Waals surface area contributed by atoms with Crippen molar-refractivity contribution >= 4 is 29.1 Å². The van der Waals surface area contributed by atoms with Crippen LogP contribution in [0.4, 0.5) is 0 Å². The van der Waals surface area contributed by atoms with E-state index in [2.05, 4.69) is 12.2 Å². The van der Waals surface area contributed by atoms with Crippen LogP contribution < -0.4 is 5.32 Å². The van der Waals surface area contributed by atoms with Gasteiger partial charge in [-0.2, -0.15) is 0 Å². The summed E-state index contributed by atoms with van der Waals surface area (Å²) in [6.07, 6.45) is 3.74. The van der Waals surface area contributed by atoms with Crippen molar-refractivity contribution in [2.75, 3.05) is 6.61 Å². The fourth-order valence-electron chi connectivity index (χ4n) is 2.94. The number of rotatable bonds is 3. The standard InChI is InChI=1S/C15H19Cl2NO2/c1-10-3-2-6-15(8-10,9-19)18-14(20)12-5-4-11(16)7-13(12)17/h4-5,7,10,19H,2-3,6,8-9H2,1H3,(H,18,20). The van der Waals surface area contributed by atoms with Gasteiger partial charge in [0.05, 0.1) is 22.7 Å². The Kier molecular flexibility index (Phi) is 4.95. The number of aliphatic hydroxyl groups is 1. The number of carbonyl (C=O) groups is 1. The highest BCUT2D eigenvalue weighted by Crippen LogP contribution is 2.32. The van der Waals surface area contributed by atoms with Gasteiger partial charge in [-0.3, -0.25) is 4.79 Å². The second-order valence-corrected chi connectivity index (χ2v) is 6.56. The Hall–Kier alpha value is -0.770. The summed E-state index contributed by atoms with van der Waals surface area (Å²) in [6.45, 7) is 2.10. The third-order valence-electron chi connectivity index (χ3n) is 3.95. The Morgan fingerprint density at radius 3 is 2.85 bits per heavy atom. The van der Waals surface area contributed by atoms with Crippen LogP contribution in [0.2, 0.25) is 10.0 Å². The van der Waals surface area contributed by atoms with Gasteiger partial charge in [0.25, 0.3) is 5.91 Å². The predicted molar refractivity (Wildman–Crippen MR) is 81.4 cm³/mol. The summed E-state index contributed by atoms with van der Waals surface area (Å²) in [5.74, 6) is 0.242. The molecule has 2 unspecified atom stereocenters. The van der Waals surface area contributed by atoms with Crippen molar-refractivity contribution in [3.63, 3.8) is 0 Å². The molecule has 3 nitrogen and oxygen atoms in total. The van der Waals surface area contributed by atoms with Gasteiger partial charge in [-0.1, -0.05) is 43.0 Å². The van der Waals surface area contributed by atoms with Crippen LogP contribution in [0.1, 0.15) is 43.0 Å². The van der Waals surface area contributed by atoms with Gasteiger partial charge in [-0.15, -0.1) is 0 Å². The maximum Gasteiger partial charge on any atom is 0.253 e. The average molecular weight is 316 g/mol. The molecule has 1 fully saturated rings. The SMILES string of the molecule is CC1CCCC(CO)(NC(=O)c2ccc(Cl)cc2Cl)C1. The minimum Gasteiger partial charge on any atom is -0.394 e. The molecular weight excluding hydrogens is 297 g/mol. The van der Waals surface area contributed by atoms with Gasteiger partial charge in [0.1, 0.15) is 0 Å². The van der Waals surface area contributed by atoms with Gasteiger partial charge in [0.15, 0.2) is 0 Å². The predicted octanol–water partition coefficient (Wildman–Crippen LogP) is 3.66. The molecule has 1 saturated carbocycles. The van der Waals surface area contributed by atoms with E-state index in [1.807, 2.05) is 0 Å². The van der Waals surface area contributed by atoms with Crippen LogP contribution in [0.25, 0.3) is 0 Å². The molecule has 110 valence electrons. The third-order valence-corrected chi connectivity index (χ3v) is 4.50. The van der Waals surface area contributed by atoms with Crippen molar-refractivity contribution in [2.24, 2.45) is 5.92 Å². The molecule has 0 aliphatic heterocycles. The first-order valence-electron chi connectivity index (χ1n) is 6.84. The summed E-state index contributed by atoms with van der Waals surface area (Å²) in [6, 6.07) is 4.79. The second kappa shape index (κ2) is 6.33. The van der Waals surface area contributed by atoms with Crippen molar-refractivity contribution < 1.29 is 9.90 Å². The molecule has 5 heteroatoms. The molecule has 1 aliphatic carbocycles. The summed E-state index contributed by atoms with van der Waals surface area (Å²) in [5, 5.41) is 13.5. The van der Waals surface area contributed by atoms with Crippen molar-refractivity contribution in [1.29, 1.82) is 0 Å². The molecular formula is C15H19Cl2NO2. The molecule has 20 heavy (non-hydrogen) atoms. The molecule has 2 rings (SSSR count). The van der Waals surface area contributed by atoms with E-state index in [9.17, 15) is 9.90 Å². The molecule has 0 aromatic heterocycles. The maximum absolute atomic E-state index is 12.4. The number of benzene rings is 1. The minimum absolute atomic E-state index is 0.0473. The van der Waals surface area contributed by atoms with Crippen LogP contribution in [-0.2, 0) is 0 Å². The highest BCUT2D eigenvalue weighted by atomic mass is 35.5. The summed E-state index contributed by atoms with van der Waals surface area (Å²) in [4.78, 5) is 12.4. The van der Waals surface area contributed by atoms with E-state index >= 15 is 0 Å². The Bertz CT molecular complexity index is 507. The van der Waals surface area contributed by atoms with Gasteiger partial charge < -0.3 is 10.4 Å². The Morgan fingerprint density at radius 1 is 1.50 bits per heavy atom. The quantitative estimate of drug-likeness (QED) is 0.894. The lowest BCUT2D eigenvalue weighted by atomic mass is 9.76. The molecule has 2 N–H and O–H groups in total. The number of halogens is 2. The monoisotopic (exact) mass is 315 g/mol. The molecule has 0 radical (unpaired) electrons. The van der Waals surface area contributed by atoms with Gasteiger partial charge in [-0.25, -0.2) is 0 Å². The summed E-state index contributed by atoms with van der Waals surface area (Å²) < 4.78 is 0. The topological polar surface area (TPSA) is 49.3 Å². The van der Waals surface area contributed by atoms with Crippen LogP contribution in [-0.4, -0.2) is 23.2 Å². The molecule has 1 amide bonds. The second-order valence-electron chi connectivity index (χ2n) is 5.72. The summed E-state index contributed by atoms with van der Waals surface area (Å²) >= 11 is 11.9. The van der Waals surface area contributed by atoms with E-state index in [0.29, 0.717) is 21.5 Å². The van der Waals surface area contributed by atoms with E-state index in [4.69, 9.17) is 23.2 Å². The Labute approximate surface area is 129 Å². The van der Waals surface area contributed by atoms with Crippen LogP contribution in [0.5, 0.6) is 0 Å². The lowest BCUT2D eigenvalue weighted by molar-refractivity contribution is 0.0697. The number of hydrogen-bond acceptors (Lipinski definition) is 2. The molecule has 0 bridgehead atoms. The molecule has 0 spiro atoms. The van der Waals surface area contributed by atoms with E-state index < -0.39 is 5.54 Å². The number of aliphatic hydroxyl groups excluding tert-OH is 1. The average Bonchev–Trinajstić information content (AvgIpc) is 2.38. The van der Waals surface area contributed by atoms with Gasteiger partial charge in [0, 0.05) is 5.02 Å². The first kappa shape index (κ1) is 15.6. The van der Waals surface area contributed by atoms with E-state index in [1.54, 1.807) is 18.2 Å². The smallest absolute Gasteiger partial charge is 0.253 e. The van der Waals surface area contributed by atoms with Crippen molar-refractivity contribution in [3.05, 3.63) is 33.8 Å². The highest BCUT2D eigenvalue weighted by molar-refractivity contribution is 6.36. The first-order chi connectivity index (χ1) is 9.46. The molecule has 0 saturated heterocycles. The highest BCUT2D eigenvalue weighted by Gasteiger charge is 2.36. The fraction of sp³-hybridized carbons (Fsp3) is 0.533. The largest absolute Gasteiger partial charge is 0.394 e. The molecule has 0 heterocycles. The number of amides is 1. The zero-order valence-electron chi connectivity index (χ0n) is 11.5. The third kappa shape index (κ3) is 3.46. The molecule has 2 atom stereocenters. The summed E-state index contributed by atoms with van der Waals surface area (Å²) in [5.41, 5.74) is -0.139. The van der Waals surface area contributed by atoms with Gasteiger partial charge >= 0.3 is 0 Å². The number of hydrogen-bond donors (Lipinski definition) is 2. The van der Waals surface area contributed by atoms with Crippen LogP contribution in [0.3, 0.4) is 0 Å². The van der Waals surface area contributed by atoms with Crippen molar-refractivity contribution in [2.45, 2.75) is 38.1 Å². The Balaban J connectivity index is 2.16. The van der Waals surface area contributed by atoms with Crippen LogP contribution in [0, 0.1) is 5.92 Å². The van der Waals surface area contributed by atoms with Crippen LogP contribution in [0.15, 0.2) is 18.2 Å². The zero-order valence-corrected chi connectivity index (χ0v) is 13.0. The van der Waals surface area contributed by atoms with Crippen molar-refractivity contribution in [1.82, 2.24) is 5.32 Å².